The van der Waals surface area contributed by atoms with Crippen LogP contribution in [0.2, 0.25) is 0 Å². The highest BCUT2D eigenvalue weighted by Gasteiger charge is 2.01. The second-order valence-corrected chi connectivity index (χ2v) is 5.37. The van der Waals surface area contributed by atoms with Gasteiger partial charge in [0.05, 0.1) is 6.20 Å². The van der Waals surface area contributed by atoms with E-state index < -0.39 is 0 Å². The lowest BCUT2D eigenvalue weighted by Gasteiger charge is -2.08. The van der Waals surface area contributed by atoms with Crippen molar-refractivity contribution in [1.82, 2.24) is 15.0 Å². The largest absolute Gasteiger partial charge is 0.369 e. The molecule has 0 radical (unpaired) electrons. The molecule has 0 aromatic carbocycles. The minimum absolute atomic E-state index is 0.845. The molecule has 0 saturated carbocycles. The molecule has 0 aliphatic rings. The molecule has 1 aromatic rings. The van der Waals surface area contributed by atoms with Crippen LogP contribution in [0.15, 0.2) is 6.20 Å². The van der Waals surface area contributed by atoms with Crippen molar-refractivity contribution in [2.75, 3.05) is 11.9 Å². The number of nitrogens with one attached hydrogen (secondary N) is 1. The molecule has 1 heterocycles. The molecule has 1 N–H and O–H groups in total. The lowest BCUT2D eigenvalue weighted by Crippen LogP contribution is -2.09. The Bertz CT molecular complexity index is 306. The van der Waals surface area contributed by atoms with Gasteiger partial charge in [0.1, 0.15) is 5.82 Å². The quantitative estimate of drug-likeness (QED) is 0.646. The minimum atomic E-state index is 0.845. The highest BCUT2D eigenvalue weighted by atomic mass is 15.4. The van der Waals surface area contributed by atoms with Gasteiger partial charge < -0.3 is 5.32 Å². The molecule has 4 heteroatoms. The summed E-state index contributed by atoms with van der Waals surface area (Å²) in [6, 6.07) is 0. The molecule has 0 aliphatic carbocycles. The van der Waals surface area contributed by atoms with Crippen LogP contribution in [0.1, 0.15) is 59.3 Å². The van der Waals surface area contributed by atoms with E-state index in [0.717, 1.165) is 31.2 Å². The molecular formula is C14H28N4. The zero-order valence-electron chi connectivity index (χ0n) is 12.2. The van der Waals surface area contributed by atoms with Crippen LogP contribution in [-0.2, 0) is 6.54 Å². The van der Waals surface area contributed by atoms with E-state index in [1.54, 1.807) is 0 Å². The molecule has 0 unspecified atom stereocenters. The number of hydrogen-bond acceptors (Lipinski definition) is 3. The van der Waals surface area contributed by atoms with E-state index in [1.807, 2.05) is 10.9 Å². The van der Waals surface area contributed by atoms with Crippen LogP contribution in [0.4, 0.5) is 5.82 Å². The summed E-state index contributed by atoms with van der Waals surface area (Å²) >= 11 is 0. The second kappa shape index (κ2) is 8.95. The molecule has 0 bridgehead atoms. The number of anilines is 1. The molecular weight excluding hydrogens is 224 g/mol. The summed E-state index contributed by atoms with van der Waals surface area (Å²) in [5.41, 5.74) is 0. The molecule has 18 heavy (non-hydrogen) atoms. The second-order valence-electron chi connectivity index (χ2n) is 5.37. The number of rotatable bonds is 10. The fourth-order valence-electron chi connectivity index (χ4n) is 2.02. The first-order valence-corrected chi connectivity index (χ1v) is 7.36. The molecule has 0 amide bonds. The maximum Gasteiger partial charge on any atom is 0.144 e. The Balaban J connectivity index is 2.05. The first kappa shape index (κ1) is 15.0. The zero-order chi connectivity index (χ0) is 13.2. The molecule has 0 saturated heterocycles. The Morgan fingerprint density at radius 1 is 1.22 bits per heavy atom. The first-order chi connectivity index (χ1) is 8.74. The highest BCUT2D eigenvalue weighted by Crippen LogP contribution is 2.10. The Kier molecular flexibility index (Phi) is 7.46. The third kappa shape index (κ3) is 6.03. The van der Waals surface area contributed by atoms with E-state index >= 15 is 0 Å². The smallest absolute Gasteiger partial charge is 0.144 e. The summed E-state index contributed by atoms with van der Waals surface area (Å²) in [5.74, 6) is 1.90. The topological polar surface area (TPSA) is 42.7 Å². The third-order valence-corrected chi connectivity index (χ3v) is 3.07. The van der Waals surface area contributed by atoms with Crippen molar-refractivity contribution in [2.24, 2.45) is 5.92 Å². The van der Waals surface area contributed by atoms with Crippen LogP contribution >= 0.6 is 0 Å². The van der Waals surface area contributed by atoms with E-state index in [0.29, 0.717) is 0 Å². The van der Waals surface area contributed by atoms with E-state index in [1.165, 1.54) is 32.1 Å². The van der Waals surface area contributed by atoms with Gasteiger partial charge in [0, 0.05) is 13.1 Å². The number of aryl methyl sites for hydroxylation is 1. The predicted molar refractivity (Wildman–Crippen MR) is 76.7 cm³/mol. The Morgan fingerprint density at radius 3 is 2.72 bits per heavy atom. The average molecular weight is 252 g/mol. The average Bonchev–Trinajstić information content (AvgIpc) is 2.76. The van der Waals surface area contributed by atoms with E-state index in [9.17, 15) is 0 Å². The molecule has 0 aliphatic heterocycles. The third-order valence-electron chi connectivity index (χ3n) is 3.07. The van der Waals surface area contributed by atoms with Gasteiger partial charge in [-0.3, -0.25) is 0 Å². The summed E-state index contributed by atoms with van der Waals surface area (Å²) in [7, 11) is 0. The lowest BCUT2D eigenvalue weighted by molar-refractivity contribution is 0.522. The van der Waals surface area contributed by atoms with Crippen molar-refractivity contribution in [2.45, 2.75) is 65.8 Å². The molecule has 4 nitrogen and oxygen atoms in total. The normalized spacial score (nSPS) is 11.1. The molecule has 0 spiro atoms. The maximum atomic E-state index is 4.06. The monoisotopic (exact) mass is 252 g/mol. The number of aromatic nitrogens is 3. The van der Waals surface area contributed by atoms with Crippen LogP contribution in [0, 0.1) is 5.92 Å². The van der Waals surface area contributed by atoms with Crippen molar-refractivity contribution in [3.63, 3.8) is 0 Å². The zero-order valence-corrected chi connectivity index (χ0v) is 12.2. The van der Waals surface area contributed by atoms with E-state index in [2.05, 4.69) is 36.4 Å². The summed E-state index contributed by atoms with van der Waals surface area (Å²) in [4.78, 5) is 0. The Morgan fingerprint density at radius 2 is 2.00 bits per heavy atom. The van der Waals surface area contributed by atoms with Crippen LogP contribution in [0.5, 0.6) is 0 Å². The lowest BCUT2D eigenvalue weighted by atomic mass is 10.0. The van der Waals surface area contributed by atoms with E-state index in [4.69, 9.17) is 0 Å². The van der Waals surface area contributed by atoms with Crippen LogP contribution < -0.4 is 5.32 Å². The fraction of sp³-hybridized carbons (Fsp3) is 0.857. The summed E-state index contributed by atoms with van der Waals surface area (Å²) in [5, 5.41) is 11.4. The van der Waals surface area contributed by atoms with Crippen molar-refractivity contribution in [3.8, 4) is 0 Å². The Hall–Kier alpha value is -1.06. The Labute approximate surface area is 111 Å². The van der Waals surface area contributed by atoms with Gasteiger partial charge in [0.25, 0.3) is 0 Å². The van der Waals surface area contributed by atoms with Crippen LogP contribution in [0.3, 0.4) is 0 Å². The van der Waals surface area contributed by atoms with Crippen molar-refractivity contribution in [3.05, 3.63) is 6.20 Å². The van der Waals surface area contributed by atoms with Crippen LogP contribution in [-0.4, -0.2) is 21.5 Å². The predicted octanol–water partition coefficient (Wildman–Crippen LogP) is 3.71. The van der Waals surface area contributed by atoms with Crippen molar-refractivity contribution >= 4 is 5.82 Å². The van der Waals surface area contributed by atoms with Gasteiger partial charge in [0.2, 0.25) is 0 Å². The first-order valence-electron chi connectivity index (χ1n) is 7.36. The standard InChI is InChI=1S/C14H28N4/c1-4-11-18-14(12-16-17-18)15-10-8-6-5-7-9-13(2)3/h12-13,15H,4-11H2,1-3H3. The minimum Gasteiger partial charge on any atom is -0.369 e. The van der Waals surface area contributed by atoms with Gasteiger partial charge in [-0.25, -0.2) is 4.68 Å². The fourth-order valence-corrected chi connectivity index (χ4v) is 2.02. The van der Waals surface area contributed by atoms with Gasteiger partial charge >= 0.3 is 0 Å². The van der Waals surface area contributed by atoms with Gasteiger partial charge in [-0.15, -0.1) is 5.10 Å². The molecule has 0 fully saturated rings. The highest BCUT2D eigenvalue weighted by molar-refractivity contribution is 5.30. The molecule has 0 atom stereocenters. The van der Waals surface area contributed by atoms with Gasteiger partial charge in [-0.05, 0) is 18.8 Å². The van der Waals surface area contributed by atoms with E-state index in [-0.39, 0.29) is 0 Å². The maximum absolute atomic E-state index is 4.06. The van der Waals surface area contributed by atoms with Crippen molar-refractivity contribution < 1.29 is 0 Å². The van der Waals surface area contributed by atoms with Crippen LogP contribution in [0.25, 0.3) is 0 Å². The number of hydrogen-bond donors (Lipinski definition) is 1. The molecule has 1 aromatic heterocycles. The van der Waals surface area contributed by atoms with Gasteiger partial charge in [-0.1, -0.05) is 51.7 Å². The number of nitrogens with zero attached hydrogens (tertiary/aromatic N) is 3. The number of unbranched alkanes of at least 4 members (excludes halogenated alkanes) is 3. The SMILES string of the molecule is CCCn1nncc1NCCCCCCC(C)C. The summed E-state index contributed by atoms with van der Waals surface area (Å²) in [6.45, 7) is 8.71. The summed E-state index contributed by atoms with van der Waals surface area (Å²) < 4.78 is 1.94. The molecule has 104 valence electrons. The van der Waals surface area contributed by atoms with Gasteiger partial charge in [0.15, 0.2) is 0 Å². The summed E-state index contributed by atoms with van der Waals surface area (Å²) in [6.07, 6.45) is 9.53. The van der Waals surface area contributed by atoms with Gasteiger partial charge in [-0.2, -0.15) is 0 Å². The molecule has 1 rings (SSSR count). The van der Waals surface area contributed by atoms with Crippen molar-refractivity contribution in [1.29, 1.82) is 0 Å².